The van der Waals surface area contributed by atoms with Crippen molar-refractivity contribution in [1.29, 1.82) is 0 Å². The molecule has 106 valence electrons. The molecule has 1 fully saturated rings. The van der Waals surface area contributed by atoms with Crippen LogP contribution in [0.2, 0.25) is 0 Å². The number of hydrogen-bond donors (Lipinski definition) is 2. The number of sulfone groups is 1. The second-order valence-electron chi connectivity index (χ2n) is 4.69. The normalized spacial score (nSPS) is 22.4. The zero-order valence-electron chi connectivity index (χ0n) is 10.2. The van der Waals surface area contributed by atoms with Crippen molar-refractivity contribution in [2.45, 2.75) is 11.3 Å². The Kier molecular flexibility index (Phi) is 3.84. The van der Waals surface area contributed by atoms with Crippen LogP contribution in [-0.2, 0) is 19.9 Å². The molecular formula is C11H16N2O4S2. The van der Waals surface area contributed by atoms with E-state index in [2.05, 4.69) is 4.72 Å². The molecule has 2 rings (SSSR count). The van der Waals surface area contributed by atoms with Gasteiger partial charge in [0, 0.05) is 12.2 Å². The van der Waals surface area contributed by atoms with Crippen LogP contribution in [0.15, 0.2) is 29.2 Å². The zero-order valence-corrected chi connectivity index (χ0v) is 11.9. The first-order chi connectivity index (χ1) is 8.78. The molecule has 0 aromatic heterocycles. The van der Waals surface area contributed by atoms with Crippen LogP contribution >= 0.6 is 0 Å². The third-order valence-electron chi connectivity index (χ3n) is 3.08. The highest BCUT2D eigenvalue weighted by molar-refractivity contribution is 7.91. The molecule has 0 amide bonds. The molecule has 0 saturated carbocycles. The standard InChI is InChI=1S/C11H16N2O4S2/c12-10-1-3-11(4-2-10)19(16,17)13-7-9-5-6-18(14,15)8-9/h1-4,9,13H,5-8,12H2. The van der Waals surface area contributed by atoms with E-state index < -0.39 is 19.9 Å². The summed E-state index contributed by atoms with van der Waals surface area (Å²) in [5.74, 6) is 0.0481. The topological polar surface area (TPSA) is 106 Å². The van der Waals surface area contributed by atoms with Gasteiger partial charge in [-0.1, -0.05) is 0 Å². The SMILES string of the molecule is Nc1ccc(S(=O)(=O)NCC2CCS(=O)(=O)C2)cc1. The van der Waals surface area contributed by atoms with Crippen LogP contribution in [0.25, 0.3) is 0 Å². The van der Waals surface area contributed by atoms with Crippen LogP contribution < -0.4 is 10.5 Å². The number of benzene rings is 1. The predicted octanol–water partition coefficient (Wildman–Crippen LogP) is -0.0182. The molecule has 1 heterocycles. The monoisotopic (exact) mass is 304 g/mol. The van der Waals surface area contributed by atoms with Gasteiger partial charge in [0.15, 0.2) is 9.84 Å². The molecule has 1 unspecified atom stereocenters. The number of rotatable bonds is 4. The van der Waals surface area contributed by atoms with Crippen LogP contribution in [0.4, 0.5) is 5.69 Å². The van der Waals surface area contributed by atoms with E-state index in [1.807, 2.05) is 0 Å². The van der Waals surface area contributed by atoms with Crippen molar-refractivity contribution >= 4 is 25.5 Å². The van der Waals surface area contributed by atoms with Crippen molar-refractivity contribution < 1.29 is 16.8 Å². The van der Waals surface area contributed by atoms with Crippen LogP contribution in [0, 0.1) is 5.92 Å². The van der Waals surface area contributed by atoms with Gasteiger partial charge in [-0.3, -0.25) is 0 Å². The number of anilines is 1. The molecular weight excluding hydrogens is 288 g/mol. The first-order valence-corrected chi connectivity index (χ1v) is 9.15. The Morgan fingerprint density at radius 3 is 2.42 bits per heavy atom. The maximum atomic E-state index is 12.0. The van der Waals surface area contributed by atoms with Crippen LogP contribution in [-0.4, -0.2) is 34.9 Å². The Bertz CT molecular complexity index is 650. The Morgan fingerprint density at radius 2 is 1.89 bits per heavy atom. The molecule has 1 atom stereocenters. The maximum absolute atomic E-state index is 12.0. The molecule has 6 nitrogen and oxygen atoms in total. The minimum atomic E-state index is -3.60. The third kappa shape index (κ3) is 3.68. The first kappa shape index (κ1) is 14.3. The van der Waals surface area contributed by atoms with Crippen LogP contribution in [0.3, 0.4) is 0 Å². The molecule has 3 N–H and O–H groups in total. The van der Waals surface area contributed by atoms with Crippen molar-refractivity contribution in [3.05, 3.63) is 24.3 Å². The van der Waals surface area contributed by atoms with Gasteiger partial charge in [0.05, 0.1) is 16.4 Å². The highest BCUT2D eigenvalue weighted by atomic mass is 32.2. The van der Waals surface area contributed by atoms with Gasteiger partial charge in [0.1, 0.15) is 0 Å². The molecule has 0 spiro atoms. The summed E-state index contributed by atoms with van der Waals surface area (Å²) >= 11 is 0. The zero-order chi connectivity index (χ0) is 14.1. The van der Waals surface area contributed by atoms with Crippen molar-refractivity contribution in [3.63, 3.8) is 0 Å². The first-order valence-electron chi connectivity index (χ1n) is 5.84. The molecule has 0 radical (unpaired) electrons. The molecule has 0 aliphatic carbocycles. The van der Waals surface area contributed by atoms with Crippen molar-refractivity contribution in [1.82, 2.24) is 4.72 Å². The van der Waals surface area contributed by atoms with E-state index >= 15 is 0 Å². The Balaban J connectivity index is 2.01. The van der Waals surface area contributed by atoms with Gasteiger partial charge in [-0.15, -0.1) is 0 Å². The summed E-state index contributed by atoms with van der Waals surface area (Å²) in [6.45, 7) is 0.145. The lowest BCUT2D eigenvalue weighted by atomic mass is 10.1. The minimum Gasteiger partial charge on any atom is -0.399 e. The second kappa shape index (κ2) is 5.10. The fourth-order valence-corrected chi connectivity index (χ4v) is 4.97. The fourth-order valence-electron chi connectivity index (χ4n) is 1.99. The van der Waals surface area contributed by atoms with Crippen molar-refractivity contribution in [2.75, 3.05) is 23.8 Å². The minimum absolute atomic E-state index is 0.0528. The summed E-state index contributed by atoms with van der Waals surface area (Å²) in [6, 6.07) is 5.86. The number of sulfonamides is 1. The van der Waals surface area contributed by atoms with Gasteiger partial charge in [0.25, 0.3) is 0 Å². The number of nitrogen functional groups attached to an aromatic ring is 1. The van der Waals surface area contributed by atoms with Gasteiger partial charge in [-0.2, -0.15) is 0 Å². The predicted molar refractivity (Wildman–Crippen MR) is 72.8 cm³/mol. The molecule has 1 aromatic rings. The molecule has 1 aliphatic heterocycles. The van der Waals surface area contributed by atoms with E-state index in [9.17, 15) is 16.8 Å². The van der Waals surface area contributed by atoms with Crippen LogP contribution in [0.5, 0.6) is 0 Å². The maximum Gasteiger partial charge on any atom is 0.240 e. The van der Waals surface area contributed by atoms with Gasteiger partial charge in [0.2, 0.25) is 10.0 Å². The number of nitrogens with two attached hydrogens (primary N) is 1. The third-order valence-corrected chi connectivity index (χ3v) is 6.36. The van der Waals surface area contributed by atoms with Crippen molar-refractivity contribution in [2.24, 2.45) is 5.92 Å². The highest BCUT2D eigenvalue weighted by Gasteiger charge is 2.28. The van der Waals surface area contributed by atoms with E-state index in [-0.39, 0.29) is 28.9 Å². The summed E-state index contributed by atoms with van der Waals surface area (Å²) in [6.07, 6.45) is 0.507. The molecule has 1 saturated heterocycles. The Hall–Kier alpha value is -1.12. The molecule has 0 bridgehead atoms. The van der Waals surface area contributed by atoms with E-state index in [4.69, 9.17) is 5.73 Å². The average Bonchev–Trinajstić information content (AvgIpc) is 2.67. The van der Waals surface area contributed by atoms with Gasteiger partial charge >= 0.3 is 0 Å². The van der Waals surface area contributed by atoms with Gasteiger partial charge < -0.3 is 5.73 Å². The Morgan fingerprint density at radius 1 is 1.26 bits per heavy atom. The van der Waals surface area contributed by atoms with E-state index in [0.717, 1.165) is 0 Å². The lowest BCUT2D eigenvalue weighted by Crippen LogP contribution is -2.29. The molecule has 1 aromatic carbocycles. The Labute approximate surface area is 113 Å². The van der Waals surface area contributed by atoms with Gasteiger partial charge in [-0.05, 0) is 36.6 Å². The highest BCUT2D eigenvalue weighted by Crippen LogP contribution is 2.18. The summed E-state index contributed by atoms with van der Waals surface area (Å²) in [5.41, 5.74) is 5.98. The summed E-state index contributed by atoms with van der Waals surface area (Å²) < 4.78 is 48.9. The largest absolute Gasteiger partial charge is 0.399 e. The van der Waals surface area contributed by atoms with Crippen LogP contribution in [0.1, 0.15) is 6.42 Å². The van der Waals surface area contributed by atoms with Gasteiger partial charge in [-0.25, -0.2) is 21.6 Å². The molecule has 1 aliphatic rings. The van der Waals surface area contributed by atoms with E-state index in [1.165, 1.54) is 24.3 Å². The fraction of sp³-hybridized carbons (Fsp3) is 0.455. The summed E-state index contributed by atoms with van der Waals surface area (Å²) in [4.78, 5) is 0.127. The molecule has 8 heteroatoms. The quantitative estimate of drug-likeness (QED) is 0.760. The second-order valence-corrected chi connectivity index (χ2v) is 8.69. The van der Waals surface area contributed by atoms with Crippen molar-refractivity contribution in [3.8, 4) is 0 Å². The summed E-state index contributed by atoms with van der Waals surface area (Å²) in [7, 11) is -6.59. The molecule has 19 heavy (non-hydrogen) atoms. The van der Waals surface area contributed by atoms with E-state index in [0.29, 0.717) is 12.1 Å². The summed E-state index contributed by atoms with van der Waals surface area (Å²) in [5, 5.41) is 0. The number of hydrogen-bond acceptors (Lipinski definition) is 5. The smallest absolute Gasteiger partial charge is 0.240 e. The number of nitrogens with one attached hydrogen (secondary N) is 1. The van der Waals surface area contributed by atoms with E-state index in [1.54, 1.807) is 0 Å². The lowest BCUT2D eigenvalue weighted by Gasteiger charge is -2.10. The lowest BCUT2D eigenvalue weighted by molar-refractivity contribution is 0.543. The average molecular weight is 304 g/mol.